The van der Waals surface area contributed by atoms with E-state index in [1.165, 1.54) is 11.8 Å². The van der Waals surface area contributed by atoms with Gasteiger partial charge in [-0.2, -0.15) is 0 Å². The van der Waals surface area contributed by atoms with E-state index in [1.54, 1.807) is 11.6 Å². The van der Waals surface area contributed by atoms with E-state index in [4.69, 9.17) is 20.9 Å². The van der Waals surface area contributed by atoms with Crippen LogP contribution in [0.25, 0.3) is 16.6 Å². The van der Waals surface area contributed by atoms with E-state index in [2.05, 4.69) is 16.1 Å². The molecule has 1 saturated carbocycles. The predicted octanol–water partition coefficient (Wildman–Crippen LogP) is 1.70. The predicted molar refractivity (Wildman–Crippen MR) is 113 cm³/mol. The summed E-state index contributed by atoms with van der Waals surface area (Å²) in [6, 6.07) is 4.21. The Morgan fingerprint density at radius 3 is 2.76 bits per heavy atom. The SMILES string of the molecule is Cn1c(=O)cnc2cc(C3=CCOCC3)cc(OC3CCC(N=C(N)N)CC3)c21. The molecule has 4 N–H and O–H groups in total. The number of benzene rings is 1. The molecule has 8 heteroatoms. The lowest BCUT2D eigenvalue weighted by Crippen LogP contribution is -2.30. The van der Waals surface area contributed by atoms with Crippen molar-refractivity contribution in [3.8, 4) is 5.75 Å². The molecule has 2 aliphatic rings. The van der Waals surface area contributed by atoms with Crippen LogP contribution in [0.2, 0.25) is 0 Å². The van der Waals surface area contributed by atoms with E-state index in [-0.39, 0.29) is 23.7 Å². The number of aryl methyl sites for hydroxylation is 1. The maximum absolute atomic E-state index is 12.2. The number of ether oxygens (including phenoxy) is 2. The Hall–Kier alpha value is -2.87. The van der Waals surface area contributed by atoms with Crippen LogP contribution in [0.15, 0.2) is 34.2 Å². The summed E-state index contributed by atoms with van der Waals surface area (Å²) in [6.45, 7) is 1.31. The number of hydrogen-bond donors (Lipinski definition) is 2. The molecule has 4 rings (SSSR count). The first kappa shape index (κ1) is 19.4. The number of nitrogens with two attached hydrogens (primary N) is 2. The number of fused-ring (bicyclic) bond motifs is 1. The Kier molecular flexibility index (Phi) is 5.53. The summed E-state index contributed by atoms with van der Waals surface area (Å²) < 4.78 is 13.5. The molecule has 2 aromatic rings. The normalized spacial score (nSPS) is 22.2. The topological polar surface area (TPSA) is 118 Å². The number of rotatable bonds is 4. The van der Waals surface area contributed by atoms with Gasteiger partial charge in [-0.1, -0.05) is 6.08 Å². The van der Waals surface area contributed by atoms with Gasteiger partial charge in [-0.3, -0.25) is 9.79 Å². The van der Waals surface area contributed by atoms with Crippen LogP contribution in [-0.2, 0) is 11.8 Å². The van der Waals surface area contributed by atoms with Crippen molar-refractivity contribution in [2.24, 2.45) is 23.5 Å². The van der Waals surface area contributed by atoms with Gasteiger partial charge in [0.25, 0.3) is 5.56 Å². The maximum Gasteiger partial charge on any atom is 0.269 e. The van der Waals surface area contributed by atoms with Gasteiger partial charge < -0.3 is 25.5 Å². The highest BCUT2D eigenvalue weighted by Crippen LogP contribution is 2.33. The van der Waals surface area contributed by atoms with Crippen molar-refractivity contribution in [1.82, 2.24) is 9.55 Å². The maximum atomic E-state index is 12.2. The van der Waals surface area contributed by atoms with Gasteiger partial charge in [0.2, 0.25) is 0 Å². The minimum atomic E-state index is -0.156. The molecule has 1 fully saturated rings. The molecule has 0 bridgehead atoms. The largest absolute Gasteiger partial charge is 0.488 e. The van der Waals surface area contributed by atoms with Gasteiger partial charge in [-0.15, -0.1) is 0 Å². The molecule has 0 saturated heterocycles. The van der Waals surface area contributed by atoms with Crippen LogP contribution in [0, 0.1) is 0 Å². The van der Waals surface area contributed by atoms with Crippen molar-refractivity contribution < 1.29 is 9.47 Å². The summed E-state index contributed by atoms with van der Waals surface area (Å²) in [7, 11) is 1.75. The van der Waals surface area contributed by atoms with E-state index in [0.29, 0.717) is 19.0 Å². The smallest absolute Gasteiger partial charge is 0.269 e. The highest BCUT2D eigenvalue weighted by Gasteiger charge is 2.24. The van der Waals surface area contributed by atoms with Gasteiger partial charge in [0, 0.05) is 7.05 Å². The molecule has 0 amide bonds. The third-order valence-electron chi connectivity index (χ3n) is 5.64. The van der Waals surface area contributed by atoms with Crippen LogP contribution >= 0.6 is 0 Å². The van der Waals surface area contributed by atoms with Gasteiger partial charge in [0.05, 0.1) is 37.1 Å². The molecule has 1 aromatic heterocycles. The number of hydrogen-bond acceptors (Lipinski definition) is 5. The third-order valence-corrected chi connectivity index (χ3v) is 5.64. The first-order chi connectivity index (χ1) is 14.0. The Labute approximate surface area is 169 Å². The van der Waals surface area contributed by atoms with E-state index in [1.807, 2.05) is 12.1 Å². The summed E-state index contributed by atoms with van der Waals surface area (Å²) in [5, 5.41) is 0. The Balaban J connectivity index is 1.66. The molecule has 0 spiro atoms. The average molecular weight is 397 g/mol. The second-order valence-electron chi connectivity index (χ2n) is 7.65. The summed E-state index contributed by atoms with van der Waals surface area (Å²) in [4.78, 5) is 20.8. The zero-order valence-corrected chi connectivity index (χ0v) is 16.6. The van der Waals surface area contributed by atoms with Gasteiger partial charge >= 0.3 is 0 Å². The van der Waals surface area contributed by atoms with Gasteiger partial charge in [0.15, 0.2) is 5.96 Å². The van der Waals surface area contributed by atoms with E-state index >= 15 is 0 Å². The molecule has 29 heavy (non-hydrogen) atoms. The van der Waals surface area contributed by atoms with E-state index in [9.17, 15) is 4.79 Å². The van der Waals surface area contributed by atoms with Crippen molar-refractivity contribution in [1.29, 1.82) is 0 Å². The van der Waals surface area contributed by atoms with Crippen molar-refractivity contribution in [2.45, 2.75) is 44.2 Å². The van der Waals surface area contributed by atoms with Crippen LogP contribution in [-0.4, -0.2) is 40.9 Å². The molecule has 2 heterocycles. The number of guanidine groups is 1. The molecule has 0 atom stereocenters. The summed E-state index contributed by atoms with van der Waals surface area (Å²) in [5.74, 6) is 0.835. The lowest BCUT2D eigenvalue weighted by molar-refractivity contribution is 0.148. The van der Waals surface area contributed by atoms with Crippen molar-refractivity contribution >= 4 is 22.6 Å². The van der Waals surface area contributed by atoms with Gasteiger partial charge in [-0.25, -0.2) is 4.98 Å². The average Bonchev–Trinajstić information content (AvgIpc) is 2.72. The summed E-state index contributed by atoms with van der Waals surface area (Å²) in [6.07, 6.45) is 7.82. The summed E-state index contributed by atoms with van der Waals surface area (Å²) in [5.41, 5.74) is 14.6. The quantitative estimate of drug-likeness (QED) is 0.599. The molecule has 0 unspecified atom stereocenters. The fourth-order valence-electron chi connectivity index (χ4n) is 4.10. The lowest BCUT2D eigenvalue weighted by Gasteiger charge is -2.28. The van der Waals surface area contributed by atoms with E-state index < -0.39 is 0 Å². The number of aliphatic imine (C=N–C) groups is 1. The van der Waals surface area contributed by atoms with Gasteiger partial charge in [-0.05, 0) is 55.4 Å². The first-order valence-electron chi connectivity index (χ1n) is 10.0. The molecule has 0 radical (unpaired) electrons. The van der Waals surface area contributed by atoms with Crippen molar-refractivity contribution in [2.75, 3.05) is 13.2 Å². The Bertz CT molecular complexity index is 1010. The number of aromatic nitrogens is 2. The lowest BCUT2D eigenvalue weighted by atomic mass is 9.93. The highest BCUT2D eigenvalue weighted by atomic mass is 16.5. The zero-order valence-electron chi connectivity index (χ0n) is 16.6. The summed E-state index contributed by atoms with van der Waals surface area (Å²) >= 11 is 0. The van der Waals surface area contributed by atoms with Crippen LogP contribution in [0.4, 0.5) is 0 Å². The van der Waals surface area contributed by atoms with Gasteiger partial charge in [0.1, 0.15) is 11.3 Å². The van der Waals surface area contributed by atoms with Crippen LogP contribution in [0.5, 0.6) is 5.75 Å². The molecule has 154 valence electrons. The minimum Gasteiger partial charge on any atom is -0.488 e. The van der Waals surface area contributed by atoms with Crippen LogP contribution in [0.1, 0.15) is 37.7 Å². The molecule has 1 aliphatic heterocycles. The third kappa shape index (κ3) is 4.27. The fraction of sp³-hybridized carbons (Fsp3) is 0.476. The fourth-order valence-corrected chi connectivity index (χ4v) is 4.10. The monoisotopic (exact) mass is 397 g/mol. The molecular formula is C21H27N5O3. The van der Waals surface area contributed by atoms with Crippen molar-refractivity contribution in [3.63, 3.8) is 0 Å². The standard InChI is InChI=1S/C21H27N5O3/c1-26-19(27)12-24-17-10-14(13-6-8-28-9-7-13)11-18(20(17)26)29-16-4-2-15(3-5-16)25-21(22)23/h6,10-12,15-16H,2-5,7-9H2,1H3,(H4,22,23,25). The molecule has 1 aliphatic carbocycles. The molecule has 1 aromatic carbocycles. The highest BCUT2D eigenvalue weighted by molar-refractivity contribution is 5.86. The van der Waals surface area contributed by atoms with Crippen LogP contribution < -0.4 is 21.8 Å². The van der Waals surface area contributed by atoms with Crippen LogP contribution in [0.3, 0.4) is 0 Å². The Morgan fingerprint density at radius 2 is 2.07 bits per heavy atom. The second-order valence-corrected chi connectivity index (χ2v) is 7.65. The second kappa shape index (κ2) is 8.24. The zero-order chi connectivity index (χ0) is 20.4. The Morgan fingerprint density at radius 1 is 1.28 bits per heavy atom. The number of nitrogens with zero attached hydrogens (tertiary/aromatic N) is 3. The van der Waals surface area contributed by atoms with Crippen molar-refractivity contribution in [3.05, 3.63) is 40.3 Å². The molecule has 8 nitrogen and oxygen atoms in total. The first-order valence-corrected chi connectivity index (χ1v) is 10.0. The molecular weight excluding hydrogens is 370 g/mol. The van der Waals surface area contributed by atoms with E-state index in [0.717, 1.165) is 48.7 Å². The minimum absolute atomic E-state index is 0.0536.